The summed E-state index contributed by atoms with van der Waals surface area (Å²) in [6.45, 7) is 8.62. The van der Waals surface area contributed by atoms with Crippen LogP contribution < -0.4 is 30.9 Å². The van der Waals surface area contributed by atoms with Crippen molar-refractivity contribution in [1.82, 2.24) is 21.3 Å². The van der Waals surface area contributed by atoms with E-state index in [1.807, 2.05) is 43.9 Å². The molecule has 0 aromatic heterocycles. The van der Waals surface area contributed by atoms with Gasteiger partial charge in [0.15, 0.2) is 0 Å². The van der Waals surface area contributed by atoms with Crippen molar-refractivity contribution in [2.75, 3.05) is 24.5 Å². The fourth-order valence-electron chi connectivity index (χ4n) is 5.32. The monoisotopic (exact) mass is 471 g/mol. The van der Waals surface area contributed by atoms with E-state index in [0.29, 0.717) is 4.91 Å². The number of hydrogen-bond acceptors (Lipinski definition) is 6. The molecule has 3 unspecified atom stereocenters. The fraction of sp³-hybridized carbons (Fsp3) is 0.583. The average Bonchev–Trinajstić information content (AvgIpc) is 3.16. The Labute approximate surface area is 199 Å². The summed E-state index contributed by atoms with van der Waals surface area (Å²) < 4.78 is 5.88. The molecule has 0 saturated carbocycles. The zero-order valence-corrected chi connectivity index (χ0v) is 20.3. The molecule has 3 saturated heterocycles. The second kappa shape index (κ2) is 9.19. The number of rotatable bonds is 5. The van der Waals surface area contributed by atoms with Crippen molar-refractivity contribution in [3.8, 4) is 5.75 Å². The molecule has 9 heteroatoms. The van der Waals surface area contributed by atoms with Crippen molar-refractivity contribution in [3.63, 3.8) is 0 Å². The Balaban J connectivity index is 1.41. The number of amides is 3. The maximum Gasteiger partial charge on any atom is 0.326 e. The maximum absolute atomic E-state index is 13.3. The van der Waals surface area contributed by atoms with E-state index in [9.17, 15) is 9.59 Å². The lowest BCUT2D eigenvalue weighted by Gasteiger charge is -2.46. The van der Waals surface area contributed by atoms with Crippen LogP contribution >= 0.6 is 11.8 Å². The van der Waals surface area contributed by atoms with Crippen molar-refractivity contribution in [3.05, 3.63) is 34.4 Å². The van der Waals surface area contributed by atoms with Crippen molar-refractivity contribution in [1.29, 1.82) is 0 Å². The number of thioether (sulfide) groups is 1. The molecule has 4 heterocycles. The van der Waals surface area contributed by atoms with E-state index in [0.717, 1.165) is 61.6 Å². The van der Waals surface area contributed by atoms with E-state index in [2.05, 4.69) is 21.3 Å². The fourth-order valence-corrected chi connectivity index (χ4v) is 6.72. The minimum absolute atomic E-state index is 0.00501. The standard InChI is InChI=1S/C24H33N5O3S/c1-13(2)32-18-7-6-16(11-14(18)3)29-17-8-10-26-23-19(17)20(28-24(29)31)21(33-23)22(30)27-15-5-4-9-25-12-15/h6-7,11,13,15,17,19,23,25-26H,4-5,8-10,12H2,1-3H3,(H,27,30)(H,28,31)/t15-,17?,19?,23?/m1/s1. The molecular formula is C24H33N5O3S. The number of carbonyl (C=O) groups is 2. The number of benzene rings is 1. The van der Waals surface area contributed by atoms with E-state index < -0.39 is 0 Å². The third kappa shape index (κ3) is 4.34. The Kier molecular flexibility index (Phi) is 6.28. The van der Waals surface area contributed by atoms with E-state index in [4.69, 9.17) is 4.74 Å². The van der Waals surface area contributed by atoms with Crippen LogP contribution in [0.25, 0.3) is 0 Å². The molecule has 3 fully saturated rings. The highest BCUT2D eigenvalue weighted by molar-refractivity contribution is 8.04. The summed E-state index contributed by atoms with van der Waals surface area (Å²) in [6, 6.07) is 5.90. The first-order valence-corrected chi connectivity index (χ1v) is 12.8. The third-order valence-corrected chi connectivity index (χ3v) is 8.13. The maximum atomic E-state index is 13.3. The zero-order chi connectivity index (χ0) is 23.1. The molecule has 33 heavy (non-hydrogen) atoms. The first-order chi connectivity index (χ1) is 15.9. The van der Waals surface area contributed by atoms with Gasteiger partial charge in [-0.15, -0.1) is 0 Å². The zero-order valence-electron chi connectivity index (χ0n) is 19.4. The summed E-state index contributed by atoms with van der Waals surface area (Å²) >= 11 is 1.55. The summed E-state index contributed by atoms with van der Waals surface area (Å²) in [6.07, 6.45) is 2.97. The van der Waals surface area contributed by atoms with Crippen LogP contribution in [0, 0.1) is 12.8 Å². The molecule has 0 aliphatic carbocycles. The summed E-state index contributed by atoms with van der Waals surface area (Å²) in [5.41, 5.74) is 2.64. The highest BCUT2D eigenvalue weighted by atomic mass is 32.2. The SMILES string of the molecule is Cc1cc(N2C(=O)NC3=C(C(=O)N[C@@H]4CCCNC4)SC4NCCC2C34)ccc1OC(C)C. The second-order valence-corrected chi connectivity index (χ2v) is 10.7. The number of carbonyl (C=O) groups excluding carboxylic acids is 2. The van der Waals surface area contributed by atoms with Crippen LogP contribution in [0.1, 0.15) is 38.7 Å². The minimum atomic E-state index is -0.170. The number of nitrogens with zero attached hydrogens (tertiary/aromatic N) is 1. The quantitative estimate of drug-likeness (QED) is 0.527. The molecule has 4 atom stereocenters. The first kappa shape index (κ1) is 22.6. The Morgan fingerprint density at radius 1 is 1.27 bits per heavy atom. The molecular weight excluding hydrogens is 438 g/mol. The molecule has 4 N–H and O–H groups in total. The predicted molar refractivity (Wildman–Crippen MR) is 130 cm³/mol. The molecule has 1 aromatic carbocycles. The molecule has 4 aliphatic rings. The number of urea groups is 1. The van der Waals surface area contributed by atoms with Crippen LogP contribution in [0.4, 0.5) is 10.5 Å². The summed E-state index contributed by atoms with van der Waals surface area (Å²) in [4.78, 5) is 29.0. The number of nitrogens with one attached hydrogen (secondary N) is 4. The molecule has 4 aliphatic heterocycles. The van der Waals surface area contributed by atoms with Crippen molar-refractivity contribution in [2.45, 2.75) is 63.6 Å². The van der Waals surface area contributed by atoms with Gasteiger partial charge in [0.2, 0.25) is 0 Å². The van der Waals surface area contributed by atoms with Crippen LogP contribution in [0.3, 0.4) is 0 Å². The van der Waals surface area contributed by atoms with Crippen LogP contribution in [0.15, 0.2) is 28.8 Å². The predicted octanol–water partition coefficient (Wildman–Crippen LogP) is 2.44. The van der Waals surface area contributed by atoms with Gasteiger partial charge in [-0.1, -0.05) is 11.8 Å². The number of piperidine rings is 2. The molecule has 178 valence electrons. The number of hydrogen-bond donors (Lipinski definition) is 4. The Hall–Kier alpha value is -2.23. The van der Waals surface area contributed by atoms with Gasteiger partial charge in [0.05, 0.1) is 22.4 Å². The average molecular weight is 472 g/mol. The van der Waals surface area contributed by atoms with Gasteiger partial charge in [0.1, 0.15) is 5.75 Å². The molecule has 0 spiro atoms. The largest absolute Gasteiger partial charge is 0.491 e. The lowest BCUT2D eigenvalue weighted by Crippen LogP contribution is -2.62. The third-order valence-electron chi connectivity index (χ3n) is 6.78. The van der Waals surface area contributed by atoms with Crippen LogP contribution in [-0.2, 0) is 4.79 Å². The van der Waals surface area contributed by atoms with Gasteiger partial charge in [0.25, 0.3) is 5.91 Å². The van der Waals surface area contributed by atoms with Crippen LogP contribution in [-0.4, -0.2) is 55.1 Å². The van der Waals surface area contributed by atoms with Gasteiger partial charge in [-0.2, -0.15) is 0 Å². The van der Waals surface area contributed by atoms with Gasteiger partial charge >= 0.3 is 6.03 Å². The van der Waals surface area contributed by atoms with E-state index >= 15 is 0 Å². The Morgan fingerprint density at radius 2 is 2.12 bits per heavy atom. The lowest BCUT2D eigenvalue weighted by atomic mass is 9.86. The molecule has 5 rings (SSSR count). The number of aryl methyl sites for hydroxylation is 1. The van der Waals surface area contributed by atoms with E-state index in [1.165, 1.54) is 0 Å². The van der Waals surface area contributed by atoms with E-state index in [-0.39, 0.29) is 41.4 Å². The number of ether oxygens (including phenoxy) is 1. The summed E-state index contributed by atoms with van der Waals surface area (Å²) in [7, 11) is 0. The normalized spacial score (nSPS) is 29.1. The van der Waals surface area contributed by atoms with Gasteiger partial charge in [-0.05, 0) is 76.9 Å². The first-order valence-electron chi connectivity index (χ1n) is 12.0. The number of anilines is 1. The highest BCUT2D eigenvalue weighted by Gasteiger charge is 2.51. The Morgan fingerprint density at radius 3 is 2.85 bits per heavy atom. The molecule has 0 radical (unpaired) electrons. The van der Waals surface area contributed by atoms with Gasteiger partial charge in [-0.25, -0.2) is 4.79 Å². The van der Waals surface area contributed by atoms with Gasteiger partial charge in [-0.3, -0.25) is 9.69 Å². The van der Waals surface area contributed by atoms with Gasteiger partial charge < -0.3 is 26.0 Å². The van der Waals surface area contributed by atoms with Crippen molar-refractivity contribution in [2.24, 2.45) is 5.92 Å². The minimum Gasteiger partial charge on any atom is -0.491 e. The summed E-state index contributed by atoms with van der Waals surface area (Å²) in [5, 5.41) is 13.2. The van der Waals surface area contributed by atoms with Crippen molar-refractivity contribution < 1.29 is 14.3 Å². The second-order valence-electron chi connectivity index (χ2n) is 9.55. The molecule has 0 bridgehead atoms. The topological polar surface area (TPSA) is 94.7 Å². The highest BCUT2D eigenvalue weighted by Crippen LogP contribution is 2.48. The smallest absolute Gasteiger partial charge is 0.326 e. The summed E-state index contributed by atoms with van der Waals surface area (Å²) in [5.74, 6) is 0.819. The lowest BCUT2D eigenvalue weighted by molar-refractivity contribution is -0.117. The molecule has 1 aromatic rings. The van der Waals surface area contributed by atoms with E-state index in [1.54, 1.807) is 11.8 Å². The molecule has 8 nitrogen and oxygen atoms in total. The van der Waals surface area contributed by atoms with Crippen molar-refractivity contribution >= 4 is 29.4 Å². The Bertz CT molecular complexity index is 975. The van der Waals surface area contributed by atoms with Gasteiger partial charge in [0, 0.05) is 29.9 Å². The van der Waals surface area contributed by atoms with Crippen LogP contribution in [0.2, 0.25) is 0 Å². The van der Waals surface area contributed by atoms with Crippen LogP contribution in [0.5, 0.6) is 5.75 Å². The molecule has 3 amide bonds.